The van der Waals surface area contributed by atoms with Crippen LogP contribution >= 0.6 is 0 Å². The number of carbonyl (C=O) groups excluding carboxylic acids is 1. The standard InChI is InChI=1S/C6H11O4S/c1-2-10-11(8,9)6-4-3-5-7/h2-4,6H2,1H3. The maximum Gasteiger partial charge on any atom is 0.267 e. The molecular formula is C6H11O4S. The van der Waals surface area contributed by atoms with Crippen LogP contribution in [0, 0.1) is 0 Å². The maximum atomic E-state index is 10.8. The van der Waals surface area contributed by atoms with Gasteiger partial charge in [0.15, 0.2) is 6.29 Å². The molecule has 0 saturated heterocycles. The van der Waals surface area contributed by atoms with Crippen molar-refractivity contribution in [3.05, 3.63) is 0 Å². The van der Waals surface area contributed by atoms with E-state index in [-0.39, 0.29) is 25.2 Å². The minimum atomic E-state index is -3.38. The highest BCUT2D eigenvalue weighted by Crippen LogP contribution is 1.97. The Morgan fingerprint density at radius 1 is 1.45 bits per heavy atom. The van der Waals surface area contributed by atoms with E-state index in [2.05, 4.69) is 4.18 Å². The highest BCUT2D eigenvalue weighted by atomic mass is 32.2. The third-order valence-electron chi connectivity index (χ3n) is 0.971. The van der Waals surface area contributed by atoms with Crippen molar-refractivity contribution in [2.24, 2.45) is 0 Å². The van der Waals surface area contributed by atoms with Crippen LogP contribution in [0.15, 0.2) is 0 Å². The van der Waals surface area contributed by atoms with Crippen molar-refractivity contribution >= 4 is 16.4 Å². The molecule has 0 aromatic heterocycles. The lowest BCUT2D eigenvalue weighted by Crippen LogP contribution is -2.10. The molecule has 0 heterocycles. The summed E-state index contributed by atoms with van der Waals surface area (Å²) >= 11 is 0. The molecule has 0 rings (SSSR count). The highest BCUT2D eigenvalue weighted by molar-refractivity contribution is 7.86. The van der Waals surface area contributed by atoms with Crippen molar-refractivity contribution in [3.63, 3.8) is 0 Å². The molecule has 0 aromatic rings. The van der Waals surface area contributed by atoms with Gasteiger partial charge in [0.2, 0.25) is 0 Å². The van der Waals surface area contributed by atoms with Crippen molar-refractivity contribution < 1.29 is 17.4 Å². The Balaban J connectivity index is 3.64. The van der Waals surface area contributed by atoms with Gasteiger partial charge in [-0.2, -0.15) is 8.42 Å². The third kappa shape index (κ3) is 6.00. The highest BCUT2D eigenvalue weighted by Gasteiger charge is 2.08. The maximum absolute atomic E-state index is 10.8. The Labute approximate surface area is 66.7 Å². The second kappa shape index (κ2) is 5.26. The summed E-state index contributed by atoms with van der Waals surface area (Å²) in [6, 6.07) is 0. The first kappa shape index (κ1) is 10.6. The van der Waals surface area contributed by atoms with Crippen LogP contribution in [0.1, 0.15) is 19.8 Å². The Morgan fingerprint density at radius 3 is 2.55 bits per heavy atom. The minimum Gasteiger partial charge on any atom is -0.291 e. The topological polar surface area (TPSA) is 60.4 Å². The van der Waals surface area contributed by atoms with Crippen LogP contribution in [0.2, 0.25) is 0 Å². The zero-order valence-electron chi connectivity index (χ0n) is 6.37. The molecule has 0 spiro atoms. The quantitative estimate of drug-likeness (QED) is 0.433. The molecule has 0 aliphatic heterocycles. The van der Waals surface area contributed by atoms with Gasteiger partial charge in [-0.25, -0.2) is 0 Å². The first-order valence-electron chi connectivity index (χ1n) is 3.34. The monoisotopic (exact) mass is 179 g/mol. The van der Waals surface area contributed by atoms with Crippen molar-refractivity contribution in [1.82, 2.24) is 0 Å². The minimum absolute atomic E-state index is 0.101. The van der Waals surface area contributed by atoms with Gasteiger partial charge in [-0.1, -0.05) is 0 Å². The molecule has 0 aromatic carbocycles. The molecular weight excluding hydrogens is 168 g/mol. The van der Waals surface area contributed by atoms with Crippen molar-refractivity contribution in [3.8, 4) is 0 Å². The molecule has 0 atom stereocenters. The van der Waals surface area contributed by atoms with E-state index >= 15 is 0 Å². The second-order valence-corrected chi connectivity index (χ2v) is 3.68. The second-order valence-electron chi connectivity index (χ2n) is 1.92. The summed E-state index contributed by atoms with van der Waals surface area (Å²) in [5, 5.41) is 0. The van der Waals surface area contributed by atoms with E-state index in [0.717, 1.165) is 0 Å². The molecule has 11 heavy (non-hydrogen) atoms. The van der Waals surface area contributed by atoms with E-state index in [4.69, 9.17) is 0 Å². The Bertz CT molecular complexity index is 195. The largest absolute Gasteiger partial charge is 0.291 e. The SMILES string of the molecule is CCOS(=O)(=O)CCC[C]=O. The molecule has 0 amide bonds. The Morgan fingerprint density at radius 2 is 2.09 bits per heavy atom. The fraction of sp³-hybridized carbons (Fsp3) is 0.833. The lowest BCUT2D eigenvalue weighted by Gasteiger charge is -1.99. The van der Waals surface area contributed by atoms with Gasteiger partial charge in [0.1, 0.15) is 0 Å². The molecule has 65 valence electrons. The van der Waals surface area contributed by atoms with E-state index in [9.17, 15) is 13.2 Å². The average molecular weight is 179 g/mol. The van der Waals surface area contributed by atoms with Gasteiger partial charge in [0.05, 0.1) is 12.4 Å². The van der Waals surface area contributed by atoms with Gasteiger partial charge < -0.3 is 0 Å². The smallest absolute Gasteiger partial charge is 0.267 e. The van der Waals surface area contributed by atoms with Crippen LogP contribution in [-0.4, -0.2) is 27.1 Å². The molecule has 0 aliphatic carbocycles. The lowest BCUT2D eigenvalue weighted by molar-refractivity contribution is 0.337. The van der Waals surface area contributed by atoms with Crippen molar-refractivity contribution in [2.45, 2.75) is 19.8 Å². The summed E-state index contributed by atoms with van der Waals surface area (Å²) in [5.41, 5.74) is 0. The average Bonchev–Trinajstić information content (AvgIpc) is 1.87. The fourth-order valence-corrected chi connectivity index (χ4v) is 1.53. The van der Waals surface area contributed by atoms with Crippen LogP contribution in [0.4, 0.5) is 0 Å². The molecule has 0 unspecified atom stereocenters. The molecule has 0 fully saturated rings. The molecule has 0 N–H and O–H groups in total. The molecule has 4 nitrogen and oxygen atoms in total. The molecule has 1 radical (unpaired) electrons. The van der Waals surface area contributed by atoms with Crippen LogP contribution in [0.3, 0.4) is 0 Å². The predicted octanol–water partition coefficient (Wildman–Crippen LogP) is 0.243. The normalized spacial score (nSPS) is 11.4. The molecule has 0 bridgehead atoms. The summed E-state index contributed by atoms with van der Waals surface area (Å²) < 4.78 is 25.9. The summed E-state index contributed by atoms with van der Waals surface area (Å²) in [4.78, 5) is 9.69. The summed E-state index contributed by atoms with van der Waals surface area (Å²) in [7, 11) is -3.38. The predicted molar refractivity (Wildman–Crippen MR) is 40.3 cm³/mol. The number of unbranched alkanes of at least 4 members (excludes halogenated alkanes) is 1. The van der Waals surface area contributed by atoms with Gasteiger partial charge in [0, 0.05) is 6.42 Å². The first-order valence-corrected chi connectivity index (χ1v) is 4.92. The molecule has 0 aliphatic rings. The van der Waals surface area contributed by atoms with Crippen molar-refractivity contribution in [1.29, 1.82) is 0 Å². The summed E-state index contributed by atoms with van der Waals surface area (Å²) in [6.45, 7) is 1.75. The van der Waals surface area contributed by atoms with Gasteiger partial charge >= 0.3 is 0 Å². The van der Waals surface area contributed by atoms with E-state index in [1.54, 1.807) is 13.2 Å². The first-order chi connectivity index (χ1) is 5.12. The zero-order chi connectivity index (χ0) is 8.74. The van der Waals surface area contributed by atoms with Crippen LogP contribution < -0.4 is 0 Å². The fourth-order valence-electron chi connectivity index (χ4n) is 0.560. The van der Waals surface area contributed by atoms with Crippen LogP contribution in [0.5, 0.6) is 0 Å². The van der Waals surface area contributed by atoms with E-state index in [1.165, 1.54) is 0 Å². The van der Waals surface area contributed by atoms with Gasteiger partial charge in [-0.3, -0.25) is 8.98 Å². The van der Waals surface area contributed by atoms with Gasteiger partial charge in [0.25, 0.3) is 10.1 Å². The summed E-state index contributed by atoms with van der Waals surface area (Å²) in [5.74, 6) is -0.101. The van der Waals surface area contributed by atoms with Crippen LogP contribution in [0.25, 0.3) is 0 Å². The van der Waals surface area contributed by atoms with E-state index in [0.29, 0.717) is 0 Å². The zero-order valence-corrected chi connectivity index (χ0v) is 7.19. The van der Waals surface area contributed by atoms with Crippen molar-refractivity contribution in [2.75, 3.05) is 12.4 Å². The molecule has 5 heteroatoms. The van der Waals surface area contributed by atoms with E-state index < -0.39 is 10.1 Å². The number of hydrogen-bond acceptors (Lipinski definition) is 4. The Kier molecular flexibility index (Phi) is 5.06. The van der Waals surface area contributed by atoms with Crippen LogP contribution in [-0.2, 0) is 19.1 Å². The number of hydrogen-bond donors (Lipinski definition) is 0. The lowest BCUT2D eigenvalue weighted by atomic mass is 10.4. The van der Waals surface area contributed by atoms with E-state index in [1.807, 2.05) is 0 Å². The van der Waals surface area contributed by atoms with Gasteiger partial charge in [-0.15, -0.1) is 0 Å². The molecule has 0 saturated carbocycles. The number of rotatable bonds is 6. The Hall–Kier alpha value is -0.420. The summed E-state index contributed by atoms with van der Waals surface area (Å²) in [6.07, 6.45) is 2.04. The van der Waals surface area contributed by atoms with Gasteiger partial charge in [-0.05, 0) is 13.3 Å². The third-order valence-corrected chi connectivity index (χ3v) is 2.35.